The molecular weight excluding hydrogens is 320 g/mol. The van der Waals surface area contributed by atoms with E-state index in [-0.39, 0.29) is 24.3 Å². The maximum Gasteiger partial charge on any atom is 0.224 e. The van der Waals surface area contributed by atoms with Crippen LogP contribution in [0, 0.1) is 0 Å². The monoisotopic (exact) mass is 348 g/mol. The molecule has 0 aromatic heterocycles. The van der Waals surface area contributed by atoms with E-state index < -0.39 is 0 Å². The molecular formula is C18H28N4O3. The maximum atomic E-state index is 11.7. The maximum absolute atomic E-state index is 11.7. The van der Waals surface area contributed by atoms with Crippen molar-refractivity contribution in [3.05, 3.63) is 23.8 Å². The molecule has 0 bridgehead atoms. The second kappa shape index (κ2) is 9.27. The Balaban J connectivity index is 1.96. The lowest BCUT2D eigenvalue weighted by Crippen LogP contribution is -2.61. The molecule has 2 unspecified atom stereocenters. The largest absolute Gasteiger partial charge is 0.493 e. The van der Waals surface area contributed by atoms with Gasteiger partial charge in [0.1, 0.15) is 0 Å². The Morgan fingerprint density at radius 1 is 1.40 bits per heavy atom. The van der Waals surface area contributed by atoms with Crippen molar-refractivity contribution in [3.63, 3.8) is 0 Å². The molecule has 2 rings (SSSR count). The number of benzene rings is 1. The van der Waals surface area contributed by atoms with Gasteiger partial charge in [0.05, 0.1) is 19.4 Å². The molecule has 0 spiro atoms. The zero-order chi connectivity index (χ0) is 18.2. The molecule has 1 fully saturated rings. The van der Waals surface area contributed by atoms with E-state index in [0.29, 0.717) is 17.9 Å². The predicted molar refractivity (Wildman–Crippen MR) is 97.9 cm³/mol. The van der Waals surface area contributed by atoms with Crippen LogP contribution in [0.4, 0.5) is 0 Å². The quantitative estimate of drug-likeness (QED) is 0.494. The molecule has 2 atom stereocenters. The van der Waals surface area contributed by atoms with E-state index in [0.717, 1.165) is 18.4 Å². The first kappa shape index (κ1) is 19.1. The summed E-state index contributed by atoms with van der Waals surface area (Å²) in [4.78, 5) is 11.7. The number of hydrazone groups is 1. The van der Waals surface area contributed by atoms with Crippen LogP contribution in [0.25, 0.3) is 0 Å². The van der Waals surface area contributed by atoms with Gasteiger partial charge in [0.15, 0.2) is 17.8 Å². The highest BCUT2D eigenvalue weighted by molar-refractivity contribution is 5.81. The first-order chi connectivity index (χ1) is 12.0. The van der Waals surface area contributed by atoms with Crippen LogP contribution in [0.2, 0.25) is 0 Å². The van der Waals surface area contributed by atoms with Crippen molar-refractivity contribution in [1.29, 1.82) is 0 Å². The topological polar surface area (TPSA) is 84.0 Å². The van der Waals surface area contributed by atoms with E-state index in [9.17, 15) is 4.79 Å². The number of ether oxygens (including phenoxy) is 2. The summed E-state index contributed by atoms with van der Waals surface area (Å²) in [6.07, 6.45) is 3.89. The summed E-state index contributed by atoms with van der Waals surface area (Å²) in [6.45, 7) is 6.04. The summed E-state index contributed by atoms with van der Waals surface area (Å²) in [7, 11) is 1.61. The minimum absolute atomic E-state index is 0.0294. The van der Waals surface area contributed by atoms with Crippen molar-refractivity contribution in [2.75, 3.05) is 7.11 Å². The molecule has 7 nitrogen and oxygen atoms in total. The first-order valence-corrected chi connectivity index (χ1v) is 8.70. The highest BCUT2D eigenvalue weighted by Crippen LogP contribution is 2.28. The van der Waals surface area contributed by atoms with E-state index in [1.807, 2.05) is 32.0 Å². The van der Waals surface area contributed by atoms with E-state index >= 15 is 0 Å². The molecule has 7 heteroatoms. The van der Waals surface area contributed by atoms with Gasteiger partial charge in [-0.15, -0.1) is 0 Å². The fourth-order valence-corrected chi connectivity index (χ4v) is 2.69. The number of rotatable bonds is 8. The van der Waals surface area contributed by atoms with Gasteiger partial charge >= 0.3 is 0 Å². The van der Waals surface area contributed by atoms with Gasteiger partial charge in [-0.05, 0) is 44.0 Å². The van der Waals surface area contributed by atoms with Crippen molar-refractivity contribution in [2.45, 2.75) is 58.5 Å². The van der Waals surface area contributed by atoms with Crippen LogP contribution >= 0.6 is 0 Å². The van der Waals surface area contributed by atoms with Crippen LogP contribution in [0.3, 0.4) is 0 Å². The Bertz CT molecular complexity index is 604. The SMILES string of the molecule is CCCC1CC(=O)NC(N/N=C/c2ccc(OC(C)C)c(OC)c2)N1. The van der Waals surface area contributed by atoms with Gasteiger partial charge in [-0.1, -0.05) is 13.3 Å². The Morgan fingerprint density at radius 3 is 2.88 bits per heavy atom. The third-order valence-corrected chi connectivity index (χ3v) is 3.74. The summed E-state index contributed by atoms with van der Waals surface area (Å²) in [6, 6.07) is 5.80. The van der Waals surface area contributed by atoms with Crippen LogP contribution in [0.1, 0.15) is 45.6 Å². The van der Waals surface area contributed by atoms with Crippen LogP contribution < -0.4 is 25.5 Å². The average molecular weight is 348 g/mol. The molecule has 0 aliphatic carbocycles. The molecule has 1 heterocycles. The highest BCUT2D eigenvalue weighted by Gasteiger charge is 2.24. The van der Waals surface area contributed by atoms with Crippen molar-refractivity contribution >= 4 is 12.1 Å². The van der Waals surface area contributed by atoms with E-state index in [1.54, 1.807) is 13.3 Å². The van der Waals surface area contributed by atoms with Crippen molar-refractivity contribution in [2.24, 2.45) is 5.10 Å². The van der Waals surface area contributed by atoms with Gasteiger partial charge in [-0.2, -0.15) is 5.10 Å². The highest BCUT2D eigenvalue weighted by atomic mass is 16.5. The van der Waals surface area contributed by atoms with Crippen LogP contribution in [-0.4, -0.2) is 37.7 Å². The van der Waals surface area contributed by atoms with Crippen molar-refractivity contribution in [3.8, 4) is 11.5 Å². The first-order valence-electron chi connectivity index (χ1n) is 8.70. The Labute approximate surface area is 149 Å². The number of hydrogen-bond acceptors (Lipinski definition) is 6. The number of methoxy groups -OCH3 is 1. The van der Waals surface area contributed by atoms with E-state index in [1.165, 1.54) is 0 Å². The second-order valence-corrected chi connectivity index (χ2v) is 6.32. The lowest BCUT2D eigenvalue weighted by atomic mass is 10.1. The molecule has 1 aliphatic rings. The van der Waals surface area contributed by atoms with Crippen LogP contribution in [0.15, 0.2) is 23.3 Å². The molecule has 0 saturated carbocycles. The molecule has 3 N–H and O–H groups in total. The summed E-state index contributed by atoms with van der Waals surface area (Å²) >= 11 is 0. The minimum Gasteiger partial charge on any atom is -0.493 e. The molecule has 1 saturated heterocycles. The normalized spacial score (nSPS) is 20.6. The van der Waals surface area contributed by atoms with Gasteiger partial charge in [0.25, 0.3) is 0 Å². The lowest BCUT2D eigenvalue weighted by molar-refractivity contribution is -0.124. The summed E-state index contributed by atoms with van der Waals surface area (Å²) in [5.41, 5.74) is 3.80. The van der Waals surface area contributed by atoms with Crippen LogP contribution in [-0.2, 0) is 4.79 Å². The fraction of sp³-hybridized carbons (Fsp3) is 0.556. The number of nitrogens with zero attached hydrogens (tertiary/aromatic N) is 1. The van der Waals surface area contributed by atoms with Gasteiger partial charge < -0.3 is 14.8 Å². The average Bonchev–Trinajstić information content (AvgIpc) is 2.55. The Hall–Kier alpha value is -2.28. The molecule has 0 radical (unpaired) electrons. The van der Waals surface area contributed by atoms with Gasteiger partial charge in [-0.25, -0.2) is 0 Å². The lowest BCUT2D eigenvalue weighted by Gasteiger charge is -2.30. The molecule has 1 amide bonds. The number of carbonyl (C=O) groups excluding carboxylic acids is 1. The number of amides is 1. The standard InChI is InChI=1S/C18H28N4O3/c1-5-6-14-10-17(23)21-18(20-14)22-19-11-13-7-8-15(25-12(2)3)16(9-13)24-4/h7-9,11-12,14,18,20,22H,5-6,10H2,1-4H3,(H,21,23)/b19-11+. The molecule has 1 aromatic carbocycles. The third kappa shape index (κ3) is 5.94. The third-order valence-electron chi connectivity index (χ3n) is 3.74. The minimum atomic E-state index is -0.362. The van der Waals surface area contributed by atoms with Gasteiger partial charge in [0, 0.05) is 12.5 Å². The zero-order valence-electron chi connectivity index (χ0n) is 15.3. The van der Waals surface area contributed by atoms with Gasteiger partial charge in [-0.3, -0.25) is 15.5 Å². The van der Waals surface area contributed by atoms with Crippen LogP contribution in [0.5, 0.6) is 11.5 Å². The summed E-state index contributed by atoms with van der Waals surface area (Å²) in [5, 5.41) is 10.4. The second-order valence-electron chi connectivity index (χ2n) is 6.32. The van der Waals surface area contributed by atoms with E-state index in [4.69, 9.17) is 9.47 Å². The number of nitrogens with one attached hydrogen (secondary N) is 3. The van der Waals surface area contributed by atoms with Crippen molar-refractivity contribution < 1.29 is 14.3 Å². The Kier molecular flexibility index (Phi) is 7.06. The number of hydrogen-bond donors (Lipinski definition) is 3. The summed E-state index contributed by atoms with van der Waals surface area (Å²) < 4.78 is 11.1. The van der Waals surface area contributed by atoms with Gasteiger partial charge in [0.2, 0.25) is 5.91 Å². The fourth-order valence-electron chi connectivity index (χ4n) is 2.69. The molecule has 25 heavy (non-hydrogen) atoms. The predicted octanol–water partition coefficient (Wildman–Crippen LogP) is 1.97. The van der Waals surface area contributed by atoms with Crippen molar-refractivity contribution in [1.82, 2.24) is 16.1 Å². The summed E-state index contributed by atoms with van der Waals surface area (Å²) in [5.74, 6) is 1.39. The molecule has 138 valence electrons. The number of carbonyl (C=O) groups is 1. The van der Waals surface area contributed by atoms with E-state index in [2.05, 4.69) is 28.1 Å². The molecule has 1 aliphatic heterocycles. The molecule has 1 aromatic rings. The smallest absolute Gasteiger partial charge is 0.224 e. The zero-order valence-corrected chi connectivity index (χ0v) is 15.3. The Morgan fingerprint density at radius 2 is 2.20 bits per heavy atom.